The number of halogens is 1. The number of amides is 1. The van der Waals surface area contributed by atoms with Gasteiger partial charge in [0, 0.05) is 13.2 Å². The quantitative estimate of drug-likeness (QED) is 0.867. The van der Waals surface area contributed by atoms with Gasteiger partial charge in [-0.1, -0.05) is 0 Å². The van der Waals surface area contributed by atoms with E-state index < -0.39 is 0 Å². The smallest absolute Gasteiger partial charge is 0.257 e. The highest BCUT2D eigenvalue weighted by Gasteiger charge is 2.13. The first-order chi connectivity index (χ1) is 8.49. The number of rotatable bonds is 2. The maximum atomic E-state index is 12.0. The number of carbonyl (C=O) groups is 1. The predicted molar refractivity (Wildman–Crippen MR) is 72.6 cm³/mol. The summed E-state index contributed by atoms with van der Waals surface area (Å²) < 4.78 is 2.44. The first kappa shape index (κ1) is 12.8. The van der Waals surface area contributed by atoms with Gasteiger partial charge in [-0.3, -0.25) is 9.48 Å². The fraction of sp³-hybridized carbons (Fsp3) is 0.250. The van der Waals surface area contributed by atoms with Gasteiger partial charge in [-0.05, 0) is 41.9 Å². The summed E-state index contributed by atoms with van der Waals surface area (Å²) >= 11 is 3.23. The van der Waals surface area contributed by atoms with Gasteiger partial charge in [0.25, 0.3) is 5.91 Å². The Morgan fingerprint density at radius 1 is 1.39 bits per heavy atom. The Hall–Kier alpha value is -1.69. The van der Waals surface area contributed by atoms with Gasteiger partial charge in [-0.2, -0.15) is 5.10 Å². The van der Waals surface area contributed by atoms with E-state index in [1.165, 1.54) is 6.20 Å². The van der Waals surface area contributed by atoms with Crippen molar-refractivity contribution in [1.82, 2.24) is 14.8 Å². The van der Waals surface area contributed by atoms with E-state index in [-0.39, 0.29) is 5.91 Å². The lowest BCUT2D eigenvalue weighted by atomic mass is 10.2. The lowest BCUT2D eigenvalue weighted by molar-refractivity contribution is 0.102. The van der Waals surface area contributed by atoms with Gasteiger partial charge in [0.15, 0.2) is 0 Å². The van der Waals surface area contributed by atoms with E-state index in [9.17, 15) is 4.79 Å². The first-order valence-electron chi connectivity index (χ1n) is 5.42. The molecule has 0 aliphatic heterocycles. The fourth-order valence-corrected chi connectivity index (χ4v) is 1.88. The SMILES string of the molecule is Cc1nn(C)c(C)c1NC(=O)c1ccc(Br)nc1. The second kappa shape index (κ2) is 4.89. The molecular weight excluding hydrogens is 296 g/mol. The van der Waals surface area contributed by atoms with Crippen molar-refractivity contribution in [2.24, 2.45) is 7.05 Å². The van der Waals surface area contributed by atoms with Crippen molar-refractivity contribution in [3.63, 3.8) is 0 Å². The second-order valence-electron chi connectivity index (χ2n) is 3.99. The zero-order valence-electron chi connectivity index (χ0n) is 10.4. The van der Waals surface area contributed by atoms with Crippen LogP contribution in [-0.2, 0) is 7.05 Å². The van der Waals surface area contributed by atoms with E-state index in [4.69, 9.17) is 0 Å². The minimum Gasteiger partial charge on any atom is -0.319 e. The number of pyridine rings is 1. The van der Waals surface area contributed by atoms with Crippen molar-refractivity contribution in [2.75, 3.05) is 5.32 Å². The van der Waals surface area contributed by atoms with Crippen molar-refractivity contribution in [3.8, 4) is 0 Å². The molecule has 2 rings (SSSR count). The van der Waals surface area contributed by atoms with E-state index in [0.717, 1.165) is 17.1 Å². The molecule has 0 fully saturated rings. The maximum absolute atomic E-state index is 12.0. The molecule has 0 spiro atoms. The van der Waals surface area contributed by atoms with Gasteiger partial charge in [0.2, 0.25) is 0 Å². The van der Waals surface area contributed by atoms with E-state index in [2.05, 4.69) is 31.3 Å². The number of hydrogen-bond acceptors (Lipinski definition) is 3. The molecule has 0 aromatic carbocycles. The molecule has 2 heterocycles. The fourth-order valence-electron chi connectivity index (χ4n) is 1.65. The van der Waals surface area contributed by atoms with Crippen LogP contribution in [0.5, 0.6) is 0 Å². The highest BCUT2D eigenvalue weighted by atomic mass is 79.9. The van der Waals surface area contributed by atoms with Gasteiger partial charge < -0.3 is 5.32 Å². The molecular formula is C12H13BrN4O. The molecule has 1 N–H and O–H groups in total. The van der Waals surface area contributed by atoms with Crippen molar-refractivity contribution in [2.45, 2.75) is 13.8 Å². The summed E-state index contributed by atoms with van der Waals surface area (Å²) in [4.78, 5) is 16.1. The number of carbonyl (C=O) groups excluding carboxylic acids is 1. The molecule has 18 heavy (non-hydrogen) atoms. The van der Waals surface area contributed by atoms with Crippen LogP contribution in [0.25, 0.3) is 0 Å². The molecule has 0 bridgehead atoms. The molecule has 2 aromatic rings. The highest BCUT2D eigenvalue weighted by molar-refractivity contribution is 9.10. The molecule has 6 heteroatoms. The Morgan fingerprint density at radius 3 is 2.61 bits per heavy atom. The summed E-state index contributed by atoms with van der Waals surface area (Å²) in [7, 11) is 1.85. The Morgan fingerprint density at radius 2 is 2.11 bits per heavy atom. The normalized spacial score (nSPS) is 10.4. The average molecular weight is 309 g/mol. The molecule has 0 aliphatic carbocycles. The Labute approximate surface area is 113 Å². The number of aromatic nitrogens is 3. The summed E-state index contributed by atoms with van der Waals surface area (Å²) in [6.45, 7) is 3.78. The summed E-state index contributed by atoms with van der Waals surface area (Å²) in [6.07, 6.45) is 1.53. The van der Waals surface area contributed by atoms with Crippen LogP contribution in [0, 0.1) is 13.8 Å². The second-order valence-corrected chi connectivity index (χ2v) is 4.81. The lowest BCUT2D eigenvalue weighted by Gasteiger charge is -2.05. The zero-order valence-corrected chi connectivity index (χ0v) is 11.9. The third-order valence-electron chi connectivity index (χ3n) is 2.74. The molecule has 0 saturated carbocycles. The zero-order chi connectivity index (χ0) is 13.3. The average Bonchev–Trinajstić information content (AvgIpc) is 2.57. The number of aryl methyl sites for hydroxylation is 2. The molecule has 1 amide bonds. The van der Waals surface area contributed by atoms with Crippen LogP contribution in [0.1, 0.15) is 21.7 Å². The third kappa shape index (κ3) is 2.43. The monoisotopic (exact) mass is 308 g/mol. The Kier molecular flexibility index (Phi) is 3.47. The highest BCUT2D eigenvalue weighted by Crippen LogP contribution is 2.19. The Bertz CT molecular complexity index is 589. The van der Waals surface area contributed by atoms with Crippen LogP contribution in [0.2, 0.25) is 0 Å². The van der Waals surface area contributed by atoms with Crippen molar-refractivity contribution in [3.05, 3.63) is 39.9 Å². The van der Waals surface area contributed by atoms with Crippen molar-refractivity contribution < 1.29 is 4.79 Å². The third-order valence-corrected chi connectivity index (χ3v) is 3.21. The van der Waals surface area contributed by atoms with Crippen LogP contribution in [-0.4, -0.2) is 20.7 Å². The summed E-state index contributed by atoms with van der Waals surface area (Å²) in [5.74, 6) is -0.186. The number of nitrogens with one attached hydrogen (secondary N) is 1. The Balaban J connectivity index is 2.24. The van der Waals surface area contributed by atoms with Crippen LogP contribution < -0.4 is 5.32 Å². The van der Waals surface area contributed by atoms with E-state index >= 15 is 0 Å². The lowest BCUT2D eigenvalue weighted by Crippen LogP contribution is -2.13. The van der Waals surface area contributed by atoms with Gasteiger partial charge in [0.05, 0.1) is 22.6 Å². The van der Waals surface area contributed by atoms with E-state index in [0.29, 0.717) is 10.2 Å². The van der Waals surface area contributed by atoms with Crippen molar-refractivity contribution >= 4 is 27.5 Å². The molecule has 0 atom stereocenters. The van der Waals surface area contributed by atoms with Gasteiger partial charge in [-0.15, -0.1) is 0 Å². The summed E-state index contributed by atoms with van der Waals surface area (Å²) in [6, 6.07) is 3.45. The number of hydrogen-bond donors (Lipinski definition) is 1. The van der Waals surface area contributed by atoms with Crippen LogP contribution in [0.4, 0.5) is 5.69 Å². The number of anilines is 1. The molecule has 0 unspecified atom stereocenters. The van der Waals surface area contributed by atoms with Crippen LogP contribution in [0.15, 0.2) is 22.9 Å². The molecule has 0 radical (unpaired) electrons. The van der Waals surface area contributed by atoms with Crippen LogP contribution >= 0.6 is 15.9 Å². The van der Waals surface area contributed by atoms with Gasteiger partial charge in [0.1, 0.15) is 4.60 Å². The minimum atomic E-state index is -0.186. The molecule has 94 valence electrons. The minimum absolute atomic E-state index is 0.186. The molecule has 5 nitrogen and oxygen atoms in total. The molecule has 0 aliphatic rings. The molecule has 2 aromatic heterocycles. The maximum Gasteiger partial charge on any atom is 0.257 e. The van der Waals surface area contributed by atoms with E-state index in [1.807, 2.05) is 20.9 Å². The standard InChI is InChI=1S/C12H13BrN4O/c1-7-11(8(2)17(3)16-7)15-12(18)9-4-5-10(13)14-6-9/h4-6H,1-3H3,(H,15,18). The summed E-state index contributed by atoms with van der Waals surface area (Å²) in [5, 5.41) is 7.11. The van der Waals surface area contributed by atoms with Crippen molar-refractivity contribution in [1.29, 1.82) is 0 Å². The van der Waals surface area contributed by atoms with Gasteiger partial charge >= 0.3 is 0 Å². The summed E-state index contributed by atoms with van der Waals surface area (Å²) in [5.41, 5.74) is 2.99. The first-order valence-corrected chi connectivity index (χ1v) is 6.21. The molecule has 0 saturated heterocycles. The topological polar surface area (TPSA) is 59.8 Å². The van der Waals surface area contributed by atoms with Crippen LogP contribution in [0.3, 0.4) is 0 Å². The largest absolute Gasteiger partial charge is 0.319 e. The van der Waals surface area contributed by atoms with E-state index in [1.54, 1.807) is 16.8 Å². The number of nitrogens with zero attached hydrogens (tertiary/aromatic N) is 3. The van der Waals surface area contributed by atoms with Gasteiger partial charge in [-0.25, -0.2) is 4.98 Å². The predicted octanol–water partition coefficient (Wildman–Crippen LogP) is 2.45.